The number of carboxylic acid groups (broad SMARTS) is 1. The van der Waals surface area contributed by atoms with Gasteiger partial charge in [0.05, 0.1) is 0 Å². The Morgan fingerprint density at radius 2 is 1.67 bits per heavy atom. The standard InChI is InChI=1S/C14H23NO3/c1-3-14(4-2,13(17)18)15-12(16)11-9-7-5-6-8-10(9)11/h9-11H,3-8H2,1-2H3,(H,15,16)(H,17,18). The van der Waals surface area contributed by atoms with Crippen LogP contribution in [0.15, 0.2) is 0 Å². The number of amides is 1. The Bertz CT molecular complexity index is 337. The largest absolute Gasteiger partial charge is 0.480 e. The van der Waals surface area contributed by atoms with Crippen LogP contribution in [0.1, 0.15) is 52.4 Å². The summed E-state index contributed by atoms with van der Waals surface area (Å²) in [6.45, 7) is 3.63. The molecule has 0 aromatic carbocycles. The number of carboxylic acids is 1. The van der Waals surface area contributed by atoms with Gasteiger partial charge in [0.15, 0.2) is 0 Å². The molecular formula is C14H23NO3. The van der Waals surface area contributed by atoms with Crippen molar-refractivity contribution in [2.24, 2.45) is 17.8 Å². The second kappa shape index (κ2) is 4.90. The van der Waals surface area contributed by atoms with E-state index in [0.29, 0.717) is 24.7 Å². The second-order valence-electron chi connectivity index (χ2n) is 5.72. The van der Waals surface area contributed by atoms with Crippen LogP contribution in [0.5, 0.6) is 0 Å². The van der Waals surface area contributed by atoms with Crippen molar-refractivity contribution in [2.45, 2.75) is 57.9 Å². The lowest BCUT2D eigenvalue weighted by Crippen LogP contribution is -2.54. The molecule has 0 aromatic rings. The van der Waals surface area contributed by atoms with Crippen LogP contribution in [0.2, 0.25) is 0 Å². The summed E-state index contributed by atoms with van der Waals surface area (Å²) in [5.41, 5.74) is -1.07. The van der Waals surface area contributed by atoms with Gasteiger partial charge in [-0.1, -0.05) is 26.7 Å². The maximum absolute atomic E-state index is 12.2. The van der Waals surface area contributed by atoms with Crippen molar-refractivity contribution in [3.05, 3.63) is 0 Å². The smallest absolute Gasteiger partial charge is 0.329 e. The third-order valence-corrected chi connectivity index (χ3v) is 4.94. The molecule has 1 amide bonds. The van der Waals surface area contributed by atoms with Crippen LogP contribution < -0.4 is 5.32 Å². The lowest BCUT2D eigenvalue weighted by atomic mass is 9.92. The van der Waals surface area contributed by atoms with Gasteiger partial charge in [0, 0.05) is 5.92 Å². The highest BCUT2D eigenvalue weighted by Crippen LogP contribution is 2.55. The number of hydrogen-bond donors (Lipinski definition) is 2. The van der Waals surface area contributed by atoms with E-state index in [0.717, 1.165) is 12.8 Å². The zero-order chi connectivity index (χ0) is 13.3. The minimum absolute atomic E-state index is 0.0296. The molecule has 4 heteroatoms. The first kappa shape index (κ1) is 13.4. The first-order chi connectivity index (χ1) is 8.55. The van der Waals surface area contributed by atoms with E-state index in [-0.39, 0.29) is 11.8 Å². The van der Waals surface area contributed by atoms with Gasteiger partial charge in [-0.3, -0.25) is 4.79 Å². The quantitative estimate of drug-likeness (QED) is 0.789. The lowest BCUT2D eigenvalue weighted by molar-refractivity contribution is -0.148. The number of rotatable bonds is 5. The van der Waals surface area contributed by atoms with Crippen LogP contribution in [0, 0.1) is 17.8 Å². The molecular weight excluding hydrogens is 230 g/mol. The van der Waals surface area contributed by atoms with Crippen LogP contribution in [0.25, 0.3) is 0 Å². The molecule has 2 aliphatic carbocycles. The normalized spacial score (nSPS) is 30.4. The number of carbonyl (C=O) groups is 2. The minimum atomic E-state index is -1.07. The predicted molar refractivity (Wildman–Crippen MR) is 68.0 cm³/mol. The van der Waals surface area contributed by atoms with Crippen molar-refractivity contribution in [1.82, 2.24) is 5.32 Å². The van der Waals surface area contributed by atoms with E-state index in [4.69, 9.17) is 0 Å². The zero-order valence-electron chi connectivity index (χ0n) is 11.2. The topological polar surface area (TPSA) is 66.4 Å². The molecule has 0 aliphatic heterocycles. The van der Waals surface area contributed by atoms with E-state index in [1.165, 1.54) is 12.8 Å². The highest BCUT2D eigenvalue weighted by molar-refractivity contribution is 5.89. The zero-order valence-corrected chi connectivity index (χ0v) is 11.2. The first-order valence-corrected chi connectivity index (χ1v) is 7.11. The average Bonchev–Trinajstić information content (AvgIpc) is 3.09. The second-order valence-corrected chi connectivity index (χ2v) is 5.72. The van der Waals surface area contributed by atoms with Crippen LogP contribution >= 0.6 is 0 Å². The Balaban J connectivity index is 2.00. The van der Waals surface area contributed by atoms with Crippen molar-refractivity contribution in [2.75, 3.05) is 0 Å². The summed E-state index contributed by atoms with van der Waals surface area (Å²) >= 11 is 0. The van der Waals surface area contributed by atoms with Gasteiger partial charge in [-0.2, -0.15) is 0 Å². The van der Waals surface area contributed by atoms with Crippen LogP contribution in [0.4, 0.5) is 0 Å². The summed E-state index contributed by atoms with van der Waals surface area (Å²) in [4.78, 5) is 23.6. The molecule has 0 spiro atoms. The number of nitrogens with one attached hydrogen (secondary N) is 1. The molecule has 4 nitrogen and oxygen atoms in total. The van der Waals surface area contributed by atoms with Crippen molar-refractivity contribution < 1.29 is 14.7 Å². The van der Waals surface area contributed by atoms with Crippen LogP contribution in [-0.4, -0.2) is 22.5 Å². The van der Waals surface area contributed by atoms with Crippen molar-refractivity contribution in [3.8, 4) is 0 Å². The SMILES string of the molecule is CCC(CC)(NC(=O)C1C2CCCCC21)C(=O)O. The number of carbonyl (C=O) groups excluding carboxylic acids is 1. The van der Waals surface area contributed by atoms with Gasteiger partial charge in [0.2, 0.25) is 5.91 Å². The lowest BCUT2D eigenvalue weighted by Gasteiger charge is -2.28. The van der Waals surface area contributed by atoms with Crippen LogP contribution in [-0.2, 0) is 9.59 Å². The van der Waals surface area contributed by atoms with Crippen molar-refractivity contribution >= 4 is 11.9 Å². The summed E-state index contributed by atoms with van der Waals surface area (Å²) in [5.74, 6) is 0.199. The maximum atomic E-state index is 12.2. The molecule has 0 heterocycles. The van der Waals surface area contributed by atoms with Gasteiger partial charge in [-0.15, -0.1) is 0 Å². The summed E-state index contributed by atoms with van der Waals surface area (Å²) in [6, 6.07) is 0. The summed E-state index contributed by atoms with van der Waals surface area (Å²) in [5, 5.41) is 12.1. The molecule has 0 aromatic heterocycles. The number of aliphatic carboxylic acids is 1. The van der Waals surface area contributed by atoms with Gasteiger partial charge in [0.1, 0.15) is 5.54 Å². The third-order valence-electron chi connectivity index (χ3n) is 4.94. The molecule has 2 atom stereocenters. The average molecular weight is 253 g/mol. The summed E-state index contributed by atoms with van der Waals surface area (Å²) in [6.07, 6.45) is 5.59. The molecule has 0 bridgehead atoms. The molecule has 2 unspecified atom stereocenters. The minimum Gasteiger partial charge on any atom is -0.480 e. The fourth-order valence-corrected chi connectivity index (χ4v) is 3.48. The third kappa shape index (κ3) is 2.13. The Hall–Kier alpha value is -1.06. The summed E-state index contributed by atoms with van der Waals surface area (Å²) in [7, 11) is 0. The van der Waals surface area contributed by atoms with Gasteiger partial charge in [0.25, 0.3) is 0 Å². The van der Waals surface area contributed by atoms with Crippen molar-refractivity contribution in [3.63, 3.8) is 0 Å². The maximum Gasteiger partial charge on any atom is 0.329 e. The Kier molecular flexibility index (Phi) is 3.64. The monoisotopic (exact) mass is 253 g/mol. The molecule has 102 valence electrons. The molecule has 0 saturated heterocycles. The van der Waals surface area contributed by atoms with E-state index < -0.39 is 11.5 Å². The van der Waals surface area contributed by atoms with Gasteiger partial charge in [-0.25, -0.2) is 4.79 Å². The molecule has 2 fully saturated rings. The molecule has 2 saturated carbocycles. The van der Waals surface area contributed by atoms with Gasteiger partial charge < -0.3 is 10.4 Å². The van der Waals surface area contributed by atoms with Crippen LogP contribution in [0.3, 0.4) is 0 Å². The van der Waals surface area contributed by atoms with E-state index in [1.807, 2.05) is 13.8 Å². The van der Waals surface area contributed by atoms with Crippen molar-refractivity contribution in [1.29, 1.82) is 0 Å². The van der Waals surface area contributed by atoms with E-state index in [1.54, 1.807) is 0 Å². The Morgan fingerprint density at radius 3 is 2.06 bits per heavy atom. The number of fused-ring (bicyclic) bond motifs is 1. The molecule has 18 heavy (non-hydrogen) atoms. The number of hydrogen-bond acceptors (Lipinski definition) is 2. The molecule has 0 radical (unpaired) electrons. The molecule has 2 rings (SSSR count). The highest BCUT2D eigenvalue weighted by atomic mass is 16.4. The predicted octanol–water partition coefficient (Wildman–Crippen LogP) is 2.18. The fourth-order valence-electron chi connectivity index (χ4n) is 3.48. The molecule has 2 aliphatic rings. The van der Waals surface area contributed by atoms with E-state index in [9.17, 15) is 14.7 Å². The van der Waals surface area contributed by atoms with E-state index in [2.05, 4.69) is 5.32 Å². The fraction of sp³-hybridized carbons (Fsp3) is 0.857. The van der Waals surface area contributed by atoms with Gasteiger partial charge >= 0.3 is 5.97 Å². The summed E-state index contributed by atoms with van der Waals surface area (Å²) < 4.78 is 0. The highest BCUT2D eigenvalue weighted by Gasteiger charge is 2.56. The Morgan fingerprint density at radius 1 is 1.17 bits per heavy atom. The first-order valence-electron chi connectivity index (χ1n) is 7.11. The Labute approximate surface area is 108 Å². The van der Waals surface area contributed by atoms with Gasteiger partial charge in [-0.05, 0) is 37.5 Å². The molecule has 2 N–H and O–H groups in total. The van der Waals surface area contributed by atoms with E-state index >= 15 is 0 Å².